The summed E-state index contributed by atoms with van der Waals surface area (Å²) in [6, 6.07) is 6.44. The fraction of sp³-hybridized carbons (Fsp3) is 0.481. The summed E-state index contributed by atoms with van der Waals surface area (Å²) < 4.78 is 85.3. The summed E-state index contributed by atoms with van der Waals surface area (Å²) in [5.74, 6) is -3.51. The van der Waals surface area contributed by atoms with Crippen LogP contribution in [0.15, 0.2) is 36.4 Å². The minimum Gasteiger partial charge on any atom is -0.381 e. The van der Waals surface area contributed by atoms with Crippen molar-refractivity contribution < 1.29 is 40.7 Å². The van der Waals surface area contributed by atoms with E-state index in [1.807, 2.05) is 32.0 Å². The lowest BCUT2D eigenvalue weighted by Gasteiger charge is -2.35. The maximum Gasteiger partial charge on any atom is 0.416 e. The van der Waals surface area contributed by atoms with Crippen molar-refractivity contribution >= 4 is 23.2 Å². The van der Waals surface area contributed by atoms with Crippen molar-refractivity contribution in [2.45, 2.75) is 46.0 Å². The predicted octanol–water partition coefficient (Wildman–Crippen LogP) is 6.62. The van der Waals surface area contributed by atoms with Gasteiger partial charge in [0.1, 0.15) is 0 Å². The molecule has 38 heavy (non-hydrogen) atoms. The third kappa shape index (κ3) is 6.67. The molecule has 0 spiro atoms. The van der Waals surface area contributed by atoms with Crippen LogP contribution in [-0.4, -0.2) is 32.1 Å². The number of carbonyl (C=O) groups is 2. The molecule has 1 fully saturated rings. The van der Waals surface area contributed by atoms with Gasteiger partial charge in [-0.15, -0.1) is 0 Å². The van der Waals surface area contributed by atoms with Gasteiger partial charge in [-0.3, -0.25) is 9.59 Å². The van der Waals surface area contributed by atoms with Crippen LogP contribution in [0.3, 0.4) is 0 Å². The molecule has 2 amide bonds. The van der Waals surface area contributed by atoms with E-state index in [1.54, 1.807) is 14.0 Å². The van der Waals surface area contributed by atoms with Crippen molar-refractivity contribution in [1.29, 1.82) is 0 Å². The highest BCUT2D eigenvalue weighted by Gasteiger charge is 2.41. The first-order chi connectivity index (χ1) is 17.6. The molecule has 11 heteroatoms. The lowest BCUT2D eigenvalue weighted by atomic mass is 9.77. The maximum absolute atomic E-state index is 13.6. The van der Waals surface area contributed by atoms with Crippen LogP contribution in [0.4, 0.5) is 37.7 Å². The molecule has 1 heterocycles. The second-order valence-electron chi connectivity index (χ2n) is 9.69. The third-order valence-electron chi connectivity index (χ3n) is 6.97. The number of nitrogens with one attached hydrogen (secondary N) is 1. The monoisotopic (exact) mass is 544 g/mol. The fourth-order valence-corrected chi connectivity index (χ4v) is 5.08. The number of benzene rings is 2. The number of rotatable bonds is 6. The quantitative estimate of drug-likeness (QED) is 0.416. The van der Waals surface area contributed by atoms with Crippen LogP contribution in [0.25, 0.3) is 0 Å². The number of carbonyl (C=O) groups excluding carboxylic acids is 2. The van der Waals surface area contributed by atoms with Gasteiger partial charge in [0.2, 0.25) is 11.8 Å². The van der Waals surface area contributed by atoms with E-state index in [1.165, 1.54) is 4.90 Å². The zero-order valence-corrected chi connectivity index (χ0v) is 21.5. The number of halogens is 6. The molecule has 5 nitrogen and oxygen atoms in total. The van der Waals surface area contributed by atoms with Gasteiger partial charge in [-0.2, -0.15) is 26.3 Å². The largest absolute Gasteiger partial charge is 0.416 e. The minimum absolute atomic E-state index is 0.00273. The van der Waals surface area contributed by atoms with Crippen LogP contribution in [0.2, 0.25) is 0 Å². The van der Waals surface area contributed by atoms with Gasteiger partial charge in [0.25, 0.3) is 0 Å². The van der Waals surface area contributed by atoms with E-state index in [2.05, 4.69) is 5.32 Å². The predicted molar refractivity (Wildman–Crippen MR) is 131 cm³/mol. The normalized spacial score (nSPS) is 16.6. The van der Waals surface area contributed by atoms with Crippen molar-refractivity contribution in [3.63, 3.8) is 0 Å². The summed E-state index contributed by atoms with van der Waals surface area (Å²) >= 11 is 0. The molecule has 1 saturated heterocycles. The first-order valence-corrected chi connectivity index (χ1v) is 12.1. The number of para-hydroxylation sites is 1. The molecule has 0 aliphatic carbocycles. The average molecular weight is 545 g/mol. The van der Waals surface area contributed by atoms with E-state index in [4.69, 9.17) is 4.74 Å². The molecule has 2 aromatic rings. The van der Waals surface area contributed by atoms with E-state index >= 15 is 0 Å². The first-order valence-electron chi connectivity index (χ1n) is 12.1. The number of aryl methyl sites for hydroxylation is 2. The third-order valence-corrected chi connectivity index (χ3v) is 6.97. The topological polar surface area (TPSA) is 58.6 Å². The second-order valence-corrected chi connectivity index (χ2v) is 9.69. The Hall–Kier alpha value is -3.08. The zero-order valence-electron chi connectivity index (χ0n) is 21.5. The number of hydrogen-bond donors (Lipinski definition) is 1. The highest BCUT2D eigenvalue weighted by atomic mass is 19.4. The number of anilines is 2. The molecule has 1 unspecified atom stereocenters. The van der Waals surface area contributed by atoms with Crippen LogP contribution in [0.5, 0.6) is 0 Å². The van der Waals surface area contributed by atoms with Crippen molar-refractivity contribution in [2.24, 2.45) is 17.8 Å². The minimum atomic E-state index is -5.06. The Morgan fingerprint density at radius 1 is 0.947 bits per heavy atom. The molecular formula is C27H30F6N2O3. The SMILES string of the molecule is Cc1cccc(C)c1N(C)C(=O)[C@H](C)C(C(=O)Nc1cc(C(F)(F)F)cc(C(F)(F)F)c1)C1CCOCC1. The van der Waals surface area contributed by atoms with Gasteiger partial charge in [0.15, 0.2) is 0 Å². The van der Waals surface area contributed by atoms with Gasteiger partial charge in [0.05, 0.1) is 17.0 Å². The van der Waals surface area contributed by atoms with E-state index in [0.29, 0.717) is 43.9 Å². The van der Waals surface area contributed by atoms with Crippen LogP contribution < -0.4 is 10.2 Å². The van der Waals surface area contributed by atoms with Crippen LogP contribution in [-0.2, 0) is 26.7 Å². The Bertz CT molecular complexity index is 1120. The van der Waals surface area contributed by atoms with E-state index in [0.717, 1.165) is 11.1 Å². The first kappa shape index (κ1) is 29.5. The number of ether oxygens (including phenoxy) is 1. The molecule has 0 aromatic heterocycles. The summed E-state index contributed by atoms with van der Waals surface area (Å²) in [5.41, 5.74) is -1.37. The molecule has 1 aliphatic heterocycles. The molecule has 2 atom stereocenters. The Morgan fingerprint density at radius 2 is 1.45 bits per heavy atom. The Morgan fingerprint density at radius 3 is 1.92 bits per heavy atom. The number of amides is 2. The van der Waals surface area contributed by atoms with E-state index in [-0.39, 0.29) is 12.0 Å². The molecule has 1 N–H and O–H groups in total. The summed E-state index contributed by atoms with van der Waals surface area (Å²) in [6.07, 6.45) is -9.28. The second kappa shape index (κ2) is 11.3. The van der Waals surface area contributed by atoms with Gasteiger partial charge in [-0.05, 0) is 61.9 Å². The van der Waals surface area contributed by atoms with Crippen LogP contribution in [0, 0.1) is 31.6 Å². The molecule has 3 rings (SSSR count). The van der Waals surface area contributed by atoms with Gasteiger partial charge in [-0.1, -0.05) is 25.1 Å². The van der Waals surface area contributed by atoms with Crippen molar-refractivity contribution in [3.8, 4) is 0 Å². The molecule has 0 bridgehead atoms. The molecular weight excluding hydrogens is 514 g/mol. The molecule has 2 aromatic carbocycles. The maximum atomic E-state index is 13.6. The highest BCUT2D eigenvalue weighted by molar-refractivity contribution is 6.01. The van der Waals surface area contributed by atoms with Crippen molar-refractivity contribution in [1.82, 2.24) is 0 Å². The highest BCUT2D eigenvalue weighted by Crippen LogP contribution is 2.39. The lowest BCUT2D eigenvalue weighted by molar-refractivity contribution is -0.143. The standard InChI is InChI=1S/C27H30F6N2O3/c1-15-6-5-7-16(2)23(15)35(4)25(37)17(3)22(18-8-10-38-11-9-18)24(36)34-21-13-19(26(28,29)30)12-20(14-21)27(31,32)33/h5-7,12-14,17-18,22H,8-11H2,1-4H3,(H,34,36)/t17-,22?/m1/s1. The Labute approximate surface area is 217 Å². The molecule has 1 aliphatic rings. The zero-order chi connectivity index (χ0) is 28.4. The van der Waals surface area contributed by atoms with Crippen molar-refractivity contribution in [3.05, 3.63) is 58.7 Å². The summed E-state index contributed by atoms with van der Waals surface area (Å²) in [7, 11) is 1.58. The Balaban J connectivity index is 1.97. The van der Waals surface area contributed by atoms with Gasteiger partial charge >= 0.3 is 12.4 Å². The molecule has 0 radical (unpaired) electrons. The summed E-state index contributed by atoms with van der Waals surface area (Å²) in [4.78, 5) is 28.5. The van der Waals surface area contributed by atoms with Crippen molar-refractivity contribution in [2.75, 3.05) is 30.5 Å². The van der Waals surface area contributed by atoms with Crippen LogP contribution in [0.1, 0.15) is 42.0 Å². The van der Waals surface area contributed by atoms with Crippen LogP contribution >= 0.6 is 0 Å². The number of hydrogen-bond acceptors (Lipinski definition) is 3. The molecule has 208 valence electrons. The van der Waals surface area contributed by atoms with Gasteiger partial charge < -0.3 is 15.0 Å². The fourth-order valence-electron chi connectivity index (χ4n) is 5.08. The van der Waals surface area contributed by atoms with E-state index < -0.39 is 52.8 Å². The van der Waals surface area contributed by atoms with Gasteiger partial charge in [-0.25, -0.2) is 0 Å². The smallest absolute Gasteiger partial charge is 0.381 e. The Kier molecular flexibility index (Phi) is 8.80. The number of nitrogens with zero attached hydrogens (tertiary/aromatic N) is 1. The number of alkyl halides is 6. The lowest BCUT2D eigenvalue weighted by Crippen LogP contribution is -2.44. The molecule has 0 saturated carbocycles. The average Bonchev–Trinajstić information content (AvgIpc) is 2.82. The van der Waals surface area contributed by atoms with E-state index in [9.17, 15) is 35.9 Å². The summed E-state index contributed by atoms with van der Waals surface area (Å²) in [5, 5.41) is 2.25. The van der Waals surface area contributed by atoms with Gasteiger partial charge in [0, 0.05) is 37.6 Å². The summed E-state index contributed by atoms with van der Waals surface area (Å²) in [6.45, 7) is 5.88.